The maximum absolute atomic E-state index is 13.1. The molecule has 0 aromatic heterocycles. The Balaban J connectivity index is 1.65. The van der Waals surface area contributed by atoms with Crippen LogP contribution in [-0.2, 0) is 16.1 Å². The SMILES string of the molecule is Cc1ccccc1OCC(=O)N(Cc1ccc(F)cc1)CC1CCCO1. The third-order valence-electron chi connectivity index (χ3n) is 4.53. The third kappa shape index (κ3) is 5.05. The highest BCUT2D eigenvalue weighted by atomic mass is 19.1. The van der Waals surface area contributed by atoms with Crippen molar-refractivity contribution in [3.8, 4) is 5.75 Å². The monoisotopic (exact) mass is 357 g/mol. The van der Waals surface area contributed by atoms with Gasteiger partial charge in [-0.2, -0.15) is 0 Å². The lowest BCUT2D eigenvalue weighted by Crippen LogP contribution is -2.39. The maximum atomic E-state index is 13.1. The molecule has 138 valence electrons. The fourth-order valence-corrected chi connectivity index (χ4v) is 3.05. The summed E-state index contributed by atoms with van der Waals surface area (Å²) in [7, 11) is 0. The largest absolute Gasteiger partial charge is 0.484 e. The number of ether oxygens (including phenoxy) is 2. The van der Waals surface area contributed by atoms with Crippen molar-refractivity contribution in [1.29, 1.82) is 0 Å². The molecule has 0 aliphatic carbocycles. The number of halogens is 1. The molecule has 0 spiro atoms. The summed E-state index contributed by atoms with van der Waals surface area (Å²) in [6, 6.07) is 13.8. The van der Waals surface area contributed by atoms with Crippen molar-refractivity contribution in [2.24, 2.45) is 0 Å². The summed E-state index contributed by atoms with van der Waals surface area (Å²) in [4.78, 5) is 14.5. The van der Waals surface area contributed by atoms with Gasteiger partial charge in [0.1, 0.15) is 11.6 Å². The number of carbonyl (C=O) groups excluding carboxylic acids is 1. The van der Waals surface area contributed by atoms with Gasteiger partial charge < -0.3 is 14.4 Å². The van der Waals surface area contributed by atoms with Crippen LogP contribution >= 0.6 is 0 Å². The van der Waals surface area contributed by atoms with E-state index in [2.05, 4.69) is 0 Å². The van der Waals surface area contributed by atoms with Crippen LogP contribution in [-0.4, -0.2) is 36.7 Å². The zero-order valence-corrected chi connectivity index (χ0v) is 15.0. The average Bonchev–Trinajstić information content (AvgIpc) is 3.15. The number of nitrogens with zero attached hydrogens (tertiary/aromatic N) is 1. The highest BCUT2D eigenvalue weighted by Gasteiger charge is 2.23. The van der Waals surface area contributed by atoms with Gasteiger partial charge in [-0.1, -0.05) is 30.3 Å². The molecule has 1 atom stereocenters. The molecular formula is C21H24FNO3. The Kier molecular flexibility index (Phi) is 6.23. The first-order valence-corrected chi connectivity index (χ1v) is 8.94. The Bertz CT molecular complexity index is 726. The topological polar surface area (TPSA) is 38.8 Å². The van der Waals surface area contributed by atoms with Gasteiger partial charge in [0.15, 0.2) is 6.61 Å². The Morgan fingerprint density at radius 2 is 2.00 bits per heavy atom. The zero-order valence-electron chi connectivity index (χ0n) is 15.0. The van der Waals surface area contributed by atoms with Crippen LogP contribution < -0.4 is 4.74 Å². The van der Waals surface area contributed by atoms with E-state index in [1.54, 1.807) is 17.0 Å². The highest BCUT2D eigenvalue weighted by molar-refractivity contribution is 5.77. The van der Waals surface area contributed by atoms with Gasteiger partial charge in [-0.15, -0.1) is 0 Å². The van der Waals surface area contributed by atoms with Crippen LogP contribution in [0.1, 0.15) is 24.0 Å². The van der Waals surface area contributed by atoms with Crippen molar-refractivity contribution in [3.05, 3.63) is 65.5 Å². The van der Waals surface area contributed by atoms with Gasteiger partial charge in [0, 0.05) is 19.7 Å². The van der Waals surface area contributed by atoms with Crippen LogP contribution in [0.5, 0.6) is 5.75 Å². The van der Waals surface area contributed by atoms with E-state index < -0.39 is 0 Å². The van der Waals surface area contributed by atoms with Crippen LogP contribution in [0.2, 0.25) is 0 Å². The van der Waals surface area contributed by atoms with Crippen molar-refractivity contribution in [3.63, 3.8) is 0 Å². The fraction of sp³-hybridized carbons (Fsp3) is 0.381. The van der Waals surface area contributed by atoms with E-state index in [1.165, 1.54) is 12.1 Å². The molecule has 1 aliphatic heterocycles. The number of hydrogen-bond donors (Lipinski definition) is 0. The molecule has 1 fully saturated rings. The van der Waals surface area contributed by atoms with Crippen LogP contribution in [0, 0.1) is 12.7 Å². The number of carbonyl (C=O) groups is 1. The summed E-state index contributed by atoms with van der Waals surface area (Å²) in [6.45, 7) is 3.59. The molecule has 2 aromatic carbocycles. The van der Waals surface area contributed by atoms with Gasteiger partial charge in [-0.05, 0) is 49.1 Å². The van der Waals surface area contributed by atoms with E-state index in [-0.39, 0.29) is 24.4 Å². The van der Waals surface area contributed by atoms with Crippen LogP contribution in [0.15, 0.2) is 48.5 Å². The normalized spacial score (nSPS) is 16.5. The van der Waals surface area contributed by atoms with Gasteiger partial charge in [-0.3, -0.25) is 4.79 Å². The van der Waals surface area contributed by atoms with Gasteiger partial charge in [0.05, 0.1) is 6.10 Å². The fourth-order valence-electron chi connectivity index (χ4n) is 3.05. The third-order valence-corrected chi connectivity index (χ3v) is 4.53. The summed E-state index contributed by atoms with van der Waals surface area (Å²) >= 11 is 0. The standard InChI is InChI=1S/C21H24FNO3/c1-16-5-2-3-7-20(16)26-15-21(24)23(14-19-6-4-12-25-19)13-17-8-10-18(22)11-9-17/h2-3,5,7-11,19H,4,6,12-15H2,1H3. The van der Waals surface area contributed by atoms with Crippen molar-refractivity contribution in [1.82, 2.24) is 4.90 Å². The number of para-hydroxylation sites is 1. The minimum absolute atomic E-state index is 0.0290. The molecule has 1 aliphatic rings. The lowest BCUT2D eigenvalue weighted by atomic mass is 10.1. The lowest BCUT2D eigenvalue weighted by molar-refractivity contribution is -0.135. The van der Waals surface area contributed by atoms with Gasteiger partial charge in [-0.25, -0.2) is 4.39 Å². The predicted molar refractivity (Wildman–Crippen MR) is 97.5 cm³/mol. The van der Waals surface area contributed by atoms with E-state index in [1.807, 2.05) is 31.2 Å². The molecule has 4 nitrogen and oxygen atoms in total. The Morgan fingerprint density at radius 1 is 1.23 bits per heavy atom. The predicted octanol–water partition coefficient (Wildman–Crippen LogP) is 3.72. The zero-order chi connectivity index (χ0) is 18.4. The molecule has 1 unspecified atom stereocenters. The molecule has 0 saturated carbocycles. The van der Waals surface area contributed by atoms with E-state index in [9.17, 15) is 9.18 Å². The first kappa shape index (κ1) is 18.4. The second-order valence-corrected chi connectivity index (χ2v) is 6.59. The highest BCUT2D eigenvalue weighted by Crippen LogP contribution is 2.18. The van der Waals surface area contributed by atoms with E-state index in [4.69, 9.17) is 9.47 Å². The number of aryl methyl sites for hydroxylation is 1. The summed E-state index contributed by atoms with van der Waals surface area (Å²) < 4.78 is 24.5. The van der Waals surface area contributed by atoms with E-state index in [0.29, 0.717) is 18.8 Å². The van der Waals surface area contributed by atoms with Crippen molar-refractivity contribution in [2.75, 3.05) is 19.8 Å². The average molecular weight is 357 g/mol. The summed E-state index contributed by atoms with van der Waals surface area (Å²) in [6.07, 6.45) is 2.02. The van der Waals surface area contributed by atoms with Crippen molar-refractivity contribution < 1.29 is 18.7 Å². The van der Waals surface area contributed by atoms with Crippen LogP contribution in [0.3, 0.4) is 0 Å². The van der Waals surface area contributed by atoms with Crippen LogP contribution in [0.4, 0.5) is 4.39 Å². The Labute approximate surface area is 153 Å². The Morgan fingerprint density at radius 3 is 2.69 bits per heavy atom. The number of hydrogen-bond acceptors (Lipinski definition) is 3. The first-order valence-electron chi connectivity index (χ1n) is 8.94. The Hall–Kier alpha value is -2.40. The van der Waals surface area contributed by atoms with E-state index in [0.717, 1.165) is 30.6 Å². The summed E-state index contributed by atoms with van der Waals surface area (Å²) in [5, 5.41) is 0. The number of benzene rings is 2. The van der Waals surface area contributed by atoms with Crippen LogP contribution in [0.25, 0.3) is 0 Å². The molecule has 1 heterocycles. The molecule has 26 heavy (non-hydrogen) atoms. The maximum Gasteiger partial charge on any atom is 0.260 e. The minimum atomic E-state index is -0.284. The summed E-state index contributed by atoms with van der Waals surface area (Å²) in [5.74, 6) is 0.321. The van der Waals surface area contributed by atoms with Gasteiger partial charge in [0.25, 0.3) is 5.91 Å². The second-order valence-electron chi connectivity index (χ2n) is 6.59. The van der Waals surface area contributed by atoms with Gasteiger partial charge >= 0.3 is 0 Å². The van der Waals surface area contributed by atoms with E-state index >= 15 is 0 Å². The molecule has 2 aromatic rings. The molecule has 0 bridgehead atoms. The minimum Gasteiger partial charge on any atom is -0.484 e. The molecule has 5 heteroatoms. The molecule has 0 N–H and O–H groups in total. The number of amides is 1. The molecule has 1 amide bonds. The quantitative estimate of drug-likeness (QED) is 0.758. The molecular weight excluding hydrogens is 333 g/mol. The number of rotatable bonds is 7. The second kappa shape index (κ2) is 8.81. The smallest absolute Gasteiger partial charge is 0.260 e. The molecule has 1 saturated heterocycles. The molecule has 3 rings (SSSR count). The van der Waals surface area contributed by atoms with Crippen molar-refractivity contribution >= 4 is 5.91 Å². The lowest BCUT2D eigenvalue weighted by Gasteiger charge is -2.26. The van der Waals surface area contributed by atoms with Gasteiger partial charge in [0.2, 0.25) is 0 Å². The summed E-state index contributed by atoms with van der Waals surface area (Å²) in [5.41, 5.74) is 1.87. The first-order chi connectivity index (χ1) is 12.6. The molecule has 0 radical (unpaired) electrons. The van der Waals surface area contributed by atoms with Crippen molar-refractivity contribution in [2.45, 2.75) is 32.4 Å².